The molecule has 5 N–H and O–H groups in total. The standard InChI is InChI=1S/C22H27N5O3/c23-17(4-1-5-18-8-6-15-3-2-11-25-22(15)27-18)10-12-24-19(13-21(29)30)16-7-9-20(28)26-14-16/h6-10,12,14,19H,1-5,11,13,23H2,(H,25,27)(H,26,28)(H,29,30)/t19-/m0/s1. The Morgan fingerprint density at radius 1 is 1.33 bits per heavy atom. The molecule has 2 aromatic heterocycles. The predicted octanol–water partition coefficient (Wildman–Crippen LogP) is 2.58. The molecule has 1 aliphatic heterocycles. The first-order chi connectivity index (χ1) is 14.5. The minimum Gasteiger partial charge on any atom is -0.481 e. The number of rotatable bonds is 9. The zero-order chi connectivity index (χ0) is 21.3. The van der Waals surface area contributed by atoms with Crippen LogP contribution in [0.4, 0.5) is 5.82 Å². The van der Waals surface area contributed by atoms with Gasteiger partial charge < -0.3 is 21.1 Å². The van der Waals surface area contributed by atoms with Crippen molar-refractivity contribution in [3.63, 3.8) is 0 Å². The van der Waals surface area contributed by atoms with E-state index in [4.69, 9.17) is 10.8 Å². The van der Waals surface area contributed by atoms with Crippen molar-refractivity contribution < 1.29 is 9.90 Å². The van der Waals surface area contributed by atoms with E-state index < -0.39 is 12.0 Å². The van der Waals surface area contributed by atoms with Crippen LogP contribution in [0.2, 0.25) is 0 Å². The average Bonchev–Trinajstić information content (AvgIpc) is 2.73. The van der Waals surface area contributed by atoms with Crippen molar-refractivity contribution >= 4 is 18.0 Å². The molecule has 0 amide bonds. The molecule has 3 rings (SSSR count). The van der Waals surface area contributed by atoms with Crippen LogP contribution in [0.5, 0.6) is 0 Å². The molecule has 2 aromatic rings. The average molecular weight is 409 g/mol. The SMILES string of the molecule is NC(=CC=N[C@@H](CC(=O)O)c1ccc(=O)[nH]c1)CCCc1ccc2c(n1)NCCC2. The lowest BCUT2D eigenvalue weighted by molar-refractivity contribution is -0.137. The van der Waals surface area contributed by atoms with E-state index in [1.807, 2.05) is 0 Å². The second kappa shape index (κ2) is 10.4. The molecule has 3 heterocycles. The molecule has 0 radical (unpaired) electrons. The molecule has 158 valence electrons. The van der Waals surface area contributed by atoms with Crippen LogP contribution in [0.25, 0.3) is 0 Å². The smallest absolute Gasteiger partial charge is 0.305 e. The van der Waals surface area contributed by atoms with Crippen LogP contribution in [0.1, 0.15) is 48.5 Å². The molecule has 0 aromatic carbocycles. The molecule has 1 aliphatic rings. The van der Waals surface area contributed by atoms with Gasteiger partial charge in [0.25, 0.3) is 0 Å². The van der Waals surface area contributed by atoms with Crippen LogP contribution in [-0.2, 0) is 17.6 Å². The number of aliphatic imine (C=N–C) groups is 1. The summed E-state index contributed by atoms with van der Waals surface area (Å²) in [6.45, 7) is 0.973. The first-order valence-electron chi connectivity index (χ1n) is 10.1. The van der Waals surface area contributed by atoms with Gasteiger partial charge in [0.1, 0.15) is 5.82 Å². The van der Waals surface area contributed by atoms with Gasteiger partial charge in [0.15, 0.2) is 0 Å². The maximum atomic E-state index is 11.2. The number of nitrogens with two attached hydrogens (primary N) is 1. The fraction of sp³-hybridized carbons (Fsp3) is 0.364. The summed E-state index contributed by atoms with van der Waals surface area (Å²) >= 11 is 0. The fourth-order valence-electron chi connectivity index (χ4n) is 3.36. The molecule has 0 spiro atoms. The second-order valence-electron chi connectivity index (χ2n) is 7.33. The van der Waals surface area contributed by atoms with Crippen LogP contribution in [0.15, 0.2) is 52.0 Å². The molecule has 0 bridgehead atoms. The van der Waals surface area contributed by atoms with Gasteiger partial charge in [0, 0.05) is 36.4 Å². The lowest BCUT2D eigenvalue weighted by atomic mass is 10.1. The summed E-state index contributed by atoms with van der Waals surface area (Å²) in [6, 6.07) is 6.57. The van der Waals surface area contributed by atoms with Crippen molar-refractivity contribution in [2.75, 3.05) is 11.9 Å². The number of hydrogen-bond acceptors (Lipinski definition) is 6. The highest BCUT2D eigenvalue weighted by Crippen LogP contribution is 2.21. The second-order valence-corrected chi connectivity index (χ2v) is 7.33. The van der Waals surface area contributed by atoms with Gasteiger partial charge in [-0.05, 0) is 61.4 Å². The van der Waals surface area contributed by atoms with E-state index in [9.17, 15) is 9.59 Å². The summed E-state index contributed by atoms with van der Waals surface area (Å²) < 4.78 is 0. The van der Waals surface area contributed by atoms with Crippen LogP contribution >= 0.6 is 0 Å². The van der Waals surface area contributed by atoms with Crippen molar-refractivity contribution in [2.24, 2.45) is 10.7 Å². The third-order valence-electron chi connectivity index (χ3n) is 4.97. The number of hydrogen-bond donors (Lipinski definition) is 4. The van der Waals surface area contributed by atoms with Crippen molar-refractivity contribution in [3.8, 4) is 0 Å². The number of nitrogens with zero attached hydrogens (tertiary/aromatic N) is 2. The molecule has 0 saturated heterocycles. The molecular formula is C22H27N5O3. The Kier molecular flexibility index (Phi) is 7.37. The Morgan fingerprint density at radius 3 is 2.97 bits per heavy atom. The normalized spacial score (nSPS) is 14.9. The number of fused-ring (bicyclic) bond motifs is 1. The molecule has 30 heavy (non-hydrogen) atoms. The van der Waals surface area contributed by atoms with Crippen molar-refractivity contribution in [3.05, 3.63) is 69.4 Å². The van der Waals surface area contributed by atoms with Crippen LogP contribution in [0.3, 0.4) is 0 Å². The van der Waals surface area contributed by atoms with Gasteiger partial charge >= 0.3 is 5.97 Å². The van der Waals surface area contributed by atoms with Gasteiger partial charge in [0.2, 0.25) is 5.56 Å². The van der Waals surface area contributed by atoms with E-state index in [-0.39, 0.29) is 12.0 Å². The van der Waals surface area contributed by atoms with Crippen LogP contribution in [-0.4, -0.2) is 33.8 Å². The zero-order valence-corrected chi connectivity index (χ0v) is 16.8. The number of anilines is 1. The molecule has 8 heteroatoms. The number of aryl methyl sites for hydroxylation is 2. The van der Waals surface area contributed by atoms with E-state index in [0.29, 0.717) is 17.7 Å². The minimum absolute atomic E-state index is 0.172. The number of aliphatic carboxylic acids is 1. The van der Waals surface area contributed by atoms with E-state index in [1.54, 1.807) is 12.1 Å². The van der Waals surface area contributed by atoms with Gasteiger partial charge in [-0.25, -0.2) is 4.98 Å². The van der Waals surface area contributed by atoms with E-state index in [0.717, 1.165) is 43.7 Å². The Balaban J connectivity index is 1.53. The molecular weight excluding hydrogens is 382 g/mol. The maximum absolute atomic E-state index is 11.2. The van der Waals surface area contributed by atoms with E-state index >= 15 is 0 Å². The number of aromatic nitrogens is 2. The van der Waals surface area contributed by atoms with Gasteiger partial charge in [-0.1, -0.05) is 6.07 Å². The molecule has 0 unspecified atom stereocenters. The van der Waals surface area contributed by atoms with E-state index in [2.05, 4.69) is 32.4 Å². The number of aromatic amines is 1. The number of nitrogens with one attached hydrogen (secondary N) is 2. The first-order valence-corrected chi connectivity index (χ1v) is 10.1. The largest absolute Gasteiger partial charge is 0.481 e. The summed E-state index contributed by atoms with van der Waals surface area (Å²) in [6.07, 6.45) is 9.16. The number of carboxylic acid groups (broad SMARTS) is 1. The monoisotopic (exact) mass is 409 g/mol. The summed E-state index contributed by atoms with van der Waals surface area (Å²) in [5.74, 6) is 0.0356. The van der Waals surface area contributed by atoms with Crippen molar-refractivity contribution in [1.29, 1.82) is 0 Å². The quantitative estimate of drug-likeness (QED) is 0.470. The molecule has 0 aliphatic carbocycles. The topological polar surface area (TPSA) is 133 Å². The number of carboxylic acids is 1. The molecule has 0 fully saturated rings. The number of allylic oxidation sites excluding steroid dienone is 2. The van der Waals surface area contributed by atoms with Gasteiger partial charge in [-0.2, -0.15) is 0 Å². The van der Waals surface area contributed by atoms with Crippen LogP contribution in [0, 0.1) is 0 Å². The Hall–Kier alpha value is -3.42. The number of H-pyrrole nitrogens is 1. The summed E-state index contributed by atoms with van der Waals surface area (Å²) in [5, 5.41) is 12.5. The van der Waals surface area contributed by atoms with Crippen LogP contribution < -0.4 is 16.6 Å². The van der Waals surface area contributed by atoms with Gasteiger partial charge in [0.05, 0.1) is 12.5 Å². The van der Waals surface area contributed by atoms with Crippen molar-refractivity contribution in [1.82, 2.24) is 9.97 Å². The third-order valence-corrected chi connectivity index (χ3v) is 4.97. The van der Waals surface area contributed by atoms with Gasteiger partial charge in [-0.15, -0.1) is 0 Å². The third kappa shape index (κ3) is 6.30. The summed E-state index contributed by atoms with van der Waals surface area (Å²) in [5.41, 5.74) is 9.45. The fourth-order valence-corrected chi connectivity index (χ4v) is 3.36. The van der Waals surface area contributed by atoms with E-state index in [1.165, 1.54) is 24.0 Å². The number of pyridine rings is 2. The molecule has 1 atom stereocenters. The molecule has 8 nitrogen and oxygen atoms in total. The minimum atomic E-state index is -0.965. The Bertz CT molecular complexity index is 976. The van der Waals surface area contributed by atoms with Crippen molar-refractivity contribution in [2.45, 2.75) is 44.6 Å². The van der Waals surface area contributed by atoms with Gasteiger partial charge in [-0.3, -0.25) is 14.6 Å². The summed E-state index contributed by atoms with van der Waals surface area (Å²) in [7, 11) is 0. The zero-order valence-electron chi connectivity index (χ0n) is 16.8. The predicted molar refractivity (Wildman–Crippen MR) is 117 cm³/mol. The first kappa shape index (κ1) is 21.3. The highest BCUT2D eigenvalue weighted by atomic mass is 16.4. The Morgan fingerprint density at radius 2 is 2.20 bits per heavy atom. The Labute approximate surface area is 175 Å². The number of carbonyl (C=O) groups is 1. The highest BCUT2D eigenvalue weighted by Gasteiger charge is 2.14. The molecule has 0 saturated carbocycles. The summed E-state index contributed by atoms with van der Waals surface area (Å²) in [4.78, 5) is 33.9. The lowest BCUT2D eigenvalue weighted by Gasteiger charge is -2.17. The highest BCUT2D eigenvalue weighted by molar-refractivity contribution is 5.73. The lowest BCUT2D eigenvalue weighted by Crippen LogP contribution is -2.14. The maximum Gasteiger partial charge on any atom is 0.305 e.